The maximum Gasteiger partial charge on any atom is 0.218 e. The van der Waals surface area contributed by atoms with Crippen molar-refractivity contribution in [1.29, 1.82) is 0 Å². The Bertz CT molecular complexity index is 551. The monoisotopic (exact) mass is 291 g/mol. The maximum atomic E-state index is 12.9. The summed E-state index contributed by atoms with van der Waals surface area (Å²) in [5.74, 6) is 1.44. The quantitative estimate of drug-likeness (QED) is 0.850. The van der Waals surface area contributed by atoms with E-state index in [2.05, 4.69) is 15.3 Å². The maximum absolute atomic E-state index is 12.9. The number of hydrogen-bond donors (Lipinski definition) is 1. The van der Waals surface area contributed by atoms with Gasteiger partial charge in [0.15, 0.2) is 5.82 Å². The van der Waals surface area contributed by atoms with Crippen molar-refractivity contribution in [3.63, 3.8) is 0 Å². The lowest BCUT2D eigenvalue weighted by Crippen LogP contribution is -2.07. The van der Waals surface area contributed by atoms with Crippen LogP contribution in [0.2, 0.25) is 0 Å². The molecular formula is C15H18FN3O2. The van der Waals surface area contributed by atoms with Gasteiger partial charge >= 0.3 is 0 Å². The van der Waals surface area contributed by atoms with Crippen molar-refractivity contribution in [1.82, 2.24) is 9.97 Å². The molecule has 2 aromatic rings. The predicted molar refractivity (Wildman–Crippen MR) is 77.6 cm³/mol. The van der Waals surface area contributed by atoms with Gasteiger partial charge in [0.25, 0.3) is 0 Å². The molecule has 21 heavy (non-hydrogen) atoms. The second kappa shape index (κ2) is 7.54. The second-order valence-electron chi connectivity index (χ2n) is 4.35. The zero-order valence-electron chi connectivity index (χ0n) is 12.1. The Morgan fingerprint density at radius 2 is 1.95 bits per heavy atom. The minimum absolute atomic E-state index is 0.248. The van der Waals surface area contributed by atoms with E-state index in [0.29, 0.717) is 37.3 Å². The third-order valence-corrected chi connectivity index (χ3v) is 2.70. The highest BCUT2D eigenvalue weighted by Crippen LogP contribution is 2.15. The highest BCUT2D eigenvalue weighted by atomic mass is 19.1. The number of nitrogens with zero attached hydrogens (tertiary/aromatic N) is 2. The van der Waals surface area contributed by atoms with E-state index in [1.54, 1.807) is 25.3 Å². The van der Waals surface area contributed by atoms with Crippen LogP contribution in [-0.4, -0.2) is 23.7 Å². The Balaban J connectivity index is 2.08. The Morgan fingerprint density at radius 1 is 1.19 bits per heavy atom. The molecule has 1 aromatic heterocycles. The van der Waals surface area contributed by atoms with Crippen LogP contribution in [0.15, 0.2) is 30.3 Å². The van der Waals surface area contributed by atoms with Crippen LogP contribution in [0.25, 0.3) is 0 Å². The number of benzene rings is 1. The summed E-state index contributed by atoms with van der Waals surface area (Å²) in [5, 5.41) is 3.17. The summed E-state index contributed by atoms with van der Waals surface area (Å²) in [4.78, 5) is 8.57. The fourth-order valence-corrected chi connectivity index (χ4v) is 1.77. The van der Waals surface area contributed by atoms with Gasteiger partial charge in [0.1, 0.15) is 18.2 Å². The molecule has 1 heterocycles. The predicted octanol–water partition coefficient (Wildman–Crippen LogP) is 2.77. The molecule has 1 N–H and O–H groups in total. The molecule has 0 unspecified atom stereocenters. The number of rotatable bonds is 7. The Labute approximate surface area is 123 Å². The number of nitrogens with one attached hydrogen (secondary N) is 1. The topological polar surface area (TPSA) is 56.3 Å². The van der Waals surface area contributed by atoms with Gasteiger partial charge < -0.3 is 14.8 Å². The molecule has 2 rings (SSSR count). The van der Waals surface area contributed by atoms with Crippen LogP contribution in [0.3, 0.4) is 0 Å². The van der Waals surface area contributed by atoms with Crippen LogP contribution in [0.5, 0.6) is 5.88 Å². The second-order valence-corrected chi connectivity index (χ2v) is 4.35. The molecule has 0 radical (unpaired) electrons. The molecule has 0 bridgehead atoms. The number of ether oxygens (including phenoxy) is 2. The first kappa shape index (κ1) is 15.2. The highest BCUT2D eigenvalue weighted by Gasteiger charge is 2.05. The summed E-state index contributed by atoms with van der Waals surface area (Å²) in [6, 6.07) is 8.04. The van der Waals surface area contributed by atoms with Crippen molar-refractivity contribution in [3.8, 4) is 5.88 Å². The molecule has 112 valence electrons. The van der Waals surface area contributed by atoms with E-state index in [0.717, 1.165) is 5.56 Å². The number of methoxy groups -OCH3 is 1. The van der Waals surface area contributed by atoms with Gasteiger partial charge in [0, 0.05) is 19.7 Å². The van der Waals surface area contributed by atoms with E-state index in [1.165, 1.54) is 12.1 Å². The summed E-state index contributed by atoms with van der Waals surface area (Å²) in [6.07, 6.45) is 0. The van der Waals surface area contributed by atoms with Gasteiger partial charge in [-0.15, -0.1) is 0 Å². The van der Waals surface area contributed by atoms with Gasteiger partial charge in [-0.25, -0.2) is 9.37 Å². The van der Waals surface area contributed by atoms with Crippen molar-refractivity contribution in [3.05, 3.63) is 47.5 Å². The third-order valence-electron chi connectivity index (χ3n) is 2.70. The Hall–Kier alpha value is -2.21. The average Bonchev–Trinajstić information content (AvgIpc) is 2.47. The fourth-order valence-electron chi connectivity index (χ4n) is 1.77. The molecule has 6 heteroatoms. The van der Waals surface area contributed by atoms with Crippen LogP contribution < -0.4 is 10.1 Å². The van der Waals surface area contributed by atoms with Crippen molar-refractivity contribution in [2.75, 3.05) is 19.0 Å². The first-order chi connectivity index (χ1) is 10.2. The molecule has 0 amide bonds. The molecule has 0 aliphatic heterocycles. The first-order valence-electron chi connectivity index (χ1n) is 6.69. The van der Waals surface area contributed by atoms with Gasteiger partial charge in [-0.2, -0.15) is 4.98 Å². The normalized spacial score (nSPS) is 10.4. The molecule has 0 fully saturated rings. The van der Waals surface area contributed by atoms with Crippen molar-refractivity contribution in [2.24, 2.45) is 0 Å². The molecule has 0 aliphatic rings. The van der Waals surface area contributed by atoms with Gasteiger partial charge in [-0.3, -0.25) is 0 Å². The van der Waals surface area contributed by atoms with Crippen LogP contribution in [0.1, 0.15) is 18.3 Å². The lowest BCUT2D eigenvalue weighted by atomic mass is 10.2. The van der Waals surface area contributed by atoms with Crippen LogP contribution in [0, 0.1) is 5.82 Å². The van der Waals surface area contributed by atoms with E-state index in [4.69, 9.17) is 9.47 Å². The average molecular weight is 291 g/mol. The van der Waals surface area contributed by atoms with E-state index >= 15 is 0 Å². The van der Waals surface area contributed by atoms with Crippen molar-refractivity contribution in [2.45, 2.75) is 20.1 Å². The Morgan fingerprint density at radius 3 is 2.62 bits per heavy atom. The largest absolute Gasteiger partial charge is 0.478 e. The lowest BCUT2D eigenvalue weighted by Gasteiger charge is -2.10. The molecule has 0 saturated heterocycles. The minimum atomic E-state index is -0.248. The Kier molecular flexibility index (Phi) is 5.45. The summed E-state index contributed by atoms with van der Waals surface area (Å²) in [5.41, 5.74) is 0.960. The molecular weight excluding hydrogens is 273 g/mol. The zero-order valence-corrected chi connectivity index (χ0v) is 12.1. The standard InChI is InChI=1S/C15H18FN3O2/c1-3-21-15-8-13(18-14(19-15)10-20-2)17-9-11-4-6-12(16)7-5-11/h4-8H,3,9-10H2,1-2H3,(H,17,18,19). The number of anilines is 1. The highest BCUT2D eigenvalue weighted by molar-refractivity contribution is 5.39. The van der Waals surface area contributed by atoms with E-state index in [1.807, 2.05) is 6.92 Å². The SMILES string of the molecule is CCOc1cc(NCc2ccc(F)cc2)nc(COC)n1. The summed E-state index contributed by atoms with van der Waals surface area (Å²) >= 11 is 0. The van der Waals surface area contributed by atoms with Gasteiger partial charge in [-0.05, 0) is 24.6 Å². The fraction of sp³-hybridized carbons (Fsp3) is 0.333. The zero-order chi connectivity index (χ0) is 15.1. The number of halogens is 1. The smallest absolute Gasteiger partial charge is 0.218 e. The lowest BCUT2D eigenvalue weighted by molar-refractivity contribution is 0.176. The third kappa shape index (κ3) is 4.68. The van der Waals surface area contributed by atoms with E-state index in [-0.39, 0.29) is 5.82 Å². The summed E-state index contributed by atoms with van der Waals surface area (Å²) < 4.78 is 23.3. The van der Waals surface area contributed by atoms with Gasteiger partial charge in [0.05, 0.1) is 6.61 Å². The van der Waals surface area contributed by atoms with Crippen molar-refractivity contribution >= 4 is 5.82 Å². The van der Waals surface area contributed by atoms with Crippen LogP contribution in [-0.2, 0) is 17.9 Å². The van der Waals surface area contributed by atoms with E-state index in [9.17, 15) is 4.39 Å². The van der Waals surface area contributed by atoms with Gasteiger partial charge in [0.2, 0.25) is 5.88 Å². The minimum Gasteiger partial charge on any atom is -0.478 e. The van der Waals surface area contributed by atoms with Crippen LogP contribution in [0.4, 0.5) is 10.2 Å². The number of aromatic nitrogens is 2. The molecule has 5 nitrogen and oxygen atoms in total. The molecule has 0 spiro atoms. The van der Waals surface area contributed by atoms with Crippen molar-refractivity contribution < 1.29 is 13.9 Å². The van der Waals surface area contributed by atoms with Gasteiger partial charge in [-0.1, -0.05) is 12.1 Å². The molecule has 0 aliphatic carbocycles. The summed E-state index contributed by atoms with van der Waals surface area (Å²) in [7, 11) is 1.59. The molecule has 0 saturated carbocycles. The first-order valence-corrected chi connectivity index (χ1v) is 6.69. The molecule has 1 aromatic carbocycles. The van der Waals surface area contributed by atoms with Crippen LogP contribution >= 0.6 is 0 Å². The summed E-state index contributed by atoms with van der Waals surface area (Å²) in [6.45, 7) is 3.27. The molecule has 0 atom stereocenters. The number of hydrogen-bond acceptors (Lipinski definition) is 5. The van der Waals surface area contributed by atoms with E-state index < -0.39 is 0 Å².